The van der Waals surface area contributed by atoms with Crippen LogP contribution in [0.2, 0.25) is 5.02 Å². The number of hydrogen-bond acceptors (Lipinski definition) is 4. The van der Waals surface area contributed by atoms with Crippen molar-refractivity contribution in [1.82, 2.24) is 9.21 Å². The van der Waals surface area contributed by atoms with E-state index >= 15 is 0 Å². The third-order valence-corrected chi connectivity index (χ3v) is 7.45. The standard InChI is InChI=1S/C22H28ClN3O3S/c1-16(2)20-9-4-6-17(3)22(20)24-21(27)15-25-10-12-26(13-11-25)30(28,29)19-8-5-7-18(23)14-19/h4-9,14,16H,10-13,15H2,1-3H3,(H,24,27). The second-order valence-corrected chi connectivity index (χ2v) is 10.3. The molecule has 0 radical (unpaired) electrons. The molecule has 30 heavy (non-hydrogen) atoms. The highest BCUT2D eigenvalue weighted by molar-refractivity contribution is 7.89. The molecule has 0 spiro atoms. The molecule has 1 aliphatic heterocycles. The van der Waals surface area contributed by atoms with E-state index < -0.39 is 10.0 Å². The molecule has 1 saturated heterocycles. The molecule has 3 rings (SSSR count). The Hall–Kier alpha value is -1.93. The first-order chi connectivity index (χ1) is 14.2. The number of nitrogens with one attached hydrogen (secondary N) is 1. The molecular formula is C22H28ClN3O3S. The number of para-hydroxylation sites is 1. The van der Waals surface area contributed by atoms with E-state index in [1.165, 1.54) is 10.4 Å². The number of sulfonamides is 1. The number of anilines is 1. The van der Waals surface area contributed by atoms with Crippen LogP contribution >= 0.6 is 11.6 Å². The van der Waals surface area contributed by atoms with Gasteiger partial charge in [0.2, 0.25) is 15.9 Å². The van der Waals surface area contributed by atoms with Crippen LogP contribution in [0.25, 0.3) is 0 Å². The van der Waals surface area contributed by atoms with Gasteiger partial charge >= 0.3 is 0 Å². The number of carbonyl (C=O) groups is 1. The quantitative estimate of drug-likeness (QED) is 0.729. The minimum absolute atomic E-state index is 0.0858. The van der Waals surface area contributed by atoms with Gasteiger partial charge in [0, 0.05) is 36.9 Å². The van der Waals surface area contributed by atoms with E-state index in [4.69, 9.17) is 11.6 Å². The summed E-state index contributed by atoms with van der Waals surface area (Å²) in [6.07, 6.45) is 0. The highest BCUT2D eigenvalue weighted by atomic mass is 35.5. The van der Waals surface area contributed by atoms with E-state index in [-0.39, 0.29) is 17.3 Å². The van der Waals surface area contributed by atoms with Gasteiger partial charge in [0.15, 0.2) is 0 Å². The number of nitrogens with zero attached hydrogens (tertiary/aromatic N) is 2. The maximum absolute atomic E-state index is 12.8. The number of amides is 1. The van der Waals surface area contributed by atoms with E-state index in [1.54, 1.807) is 18.2 Å². The molecule has 0 atom stereocenters. The Labute approximate surface area is 183 Å². The Morgan fingerprint density at radius 2 is 1.77 bits per heavy atom. The third-order valence-electron chi connectivity index (χ3n) is 5.32. The summed E-state index contributed by atoms with van der Waals surface area (Å²) >= 11 is 5.94. The van der Waals surface area contributed by atoms with E-state index in [1.807, 2.05) is 30.0 Å². The Morgan fingerprint density at radius 1 is 1.10 bits per heavy atom. The normalized spacial score (nSPS) is 16.0. The predicted octanol–water partition coefficient (Wildman–Crippen LogP) is 3.72. The minimum atomic E-state index is -3.58. The lowest BCUT2D eigenvalue weighted by atomic mass is 9.98. The van der Waals surface area contributed by atoms with E-state index in [0.717, 1.165) is 16.8 Å². The summed E-state index contributed by atoms with van der Waals surface area (Å²) in [5.41, 5.74) is 3.02. The molecule has 6 nitrogen and oxygen atoms in total. The summed E-state index contributed by atoms with van der Waals surface area (Å²) in [6.45, 7) is 8.09. The zero-order valence-electron chi connectivity index (χ0n) is 17.6. The predicted molar refractivity (Wildman–Crippen MR) is 121 cm³/mol. The maximum Gasteiger partial charge on any atom is 0.243 e. The molecule has 0 aromatic heterocycles. The Morgan fingerprint density at radius 3 is 2.40 bits per heavy atom. The zero-order chi connectivity index (χ0) is 21.9. The molecule has 8 heteroatoms. The van der Waals surface area contributed by atoms with Gasteiger partial charge in [-0.15, -0.1) is 0 Å². The van der Waals surface area contributed by atoms with Crippen molar-refractivity contribution < 1.29 is 13.2 Å². The first kappa shape index (κ1) is 22.7. The maximum atomic E-state index is 12.8. The summed E-state index contributed by atoms with van der Waals surface area (Å²) < 4.78 is 27.1. The lowest BCUT2D eigenvalue weighted by molar-refractivity contribution is -0.117. The van der Waals surface area contributed by atoms with E-state index in [0.29, 0.717) is 37.1 Å². The number of aryl methyl sites for hydroxylation is 1. The largest absolute Gasteiger partial charge is 0.324 e. The van der Waals surface area contributed by atoms with Crippen molar-refractivity contribution in [1.29, 1.82) is 0 Å². The molecule has 1 fully saturated rings. The highest BCUT2D eigenvalue weighted by Crippen LogP contribution is 2.27. The monoisotopic (exact) mass is 449 g/mol. The number of benzene rings is 2. The molecule has 0 bridgehead atoms. The van der Waals surface area contributed by atoms with Crippen LogP contribution < -0.4 is 5.32 Å². The van der Waals surface area contributed by atoms with Crippen LogP contribution in [0.1, 0.15) is 30.9 Å². The molecular weight excluding hydrogens is 422 g/mol. The summed E-state index contributed by atoms with van der Waals surface area (Å²) in [6, 6.07) is 12.3. The van der Waals surface area contributed by atoms with Crippen LogP contribution in [0.15, 0.2) is 47.4 Å². The fourth-order valence-electron chi connectivity index (χ4n) is 3.63. The lowest BCUT2D eigenvalue weighted by Gasteiger charge is -2.33. The van der Waals surface area contributed by atoms with Crippen molar-refractivity contribution in [2.45, 2.75) is 31.6 Å². The van der Waals surface area contributed by atoms with E-state index in [9.17, 15) is 13.2 Å². The Kier molecular flexibility index (Phi) is 7.18. The van der Waals surface area contributed by atoms with Crippen molar-refractivity contribution in [3.63, 3.8) is 0 Å². The SMILES string of the molecule is Cc1cccc(C(C)C)c1NC(=O)CN1CCN(S(=O)(=O)c2cccc(Cl)c2)CC1. The second-order valence-electron chi connectivity index (χ2n) is 7.88. The molecule has 2 aromatic rings. The smallest absolute Gasteiger partial charge is 0.243 e. The van der Waals surface area contributed by atoms with Crippen LogP contribution in [0.4, 0.5) is 5.69 Å². The fourth-order valence-corrected chi connectivity index (χ4v) is 5.35. The molecule has 1 heterocycles. The van der Waals surface area contributed by atoms with Gasteiger partial charge in [-0.05, 0) is 42.2 Å². The van der Waals surface area contributed by atoms with Crippen molar-refractivity contribution >= 4 is 33.2 Å². The number of carbonyl (C=O) groups excluding carboxylic acids is 1. The zero-order valence-corrected chi connectivity index (χ0v) is 19.1. The average molecular weight is 450 g/mol. The summed E-state index contributed by atoms with van der Waals surface area (Å²) in [5, 5.41) is 3.45. The van der Waals surface area contributed by atoms with Gasteiger partial charge in [0.1, 0.15) is 0 Å². The van der Waals surface area contributed by atoms with Gasteiger partial charge < -0.3 is 5.32 Å². The molecule has 0 aliphatic carbocycles. The molecule has 2 aromatic carbocycles. The van der Waals surface area contributed by atoms with Gasteiger partial charge in [0.25, 0.3) is 0 Å². The molecule has 0 unspecified atom stereocenters. The third kappa shape index (κ3) is 5.21. The van der Waals surface area contributed by atoms with Gasteiger partial charge in [-0.3, -0.25) is 9.69 Å². The van der Waals surface area contributed by atoms with Gasteiger partial charge in [-0.2, -0.15) is 4.31 Å². The number of halogens is 1. The van der Waals surface area contributed by atoms with Crippen molar-refractivity contribution in [2.24, 2.45) is 0 Å². The van der Waals surface area contributed by atoms with Crippen molar-refractivity contribution in [3.8, 4) is 0 Å². The van der Waals surface area contributed by atoms with Crippen LogP contribution in [0, 0.1) is 6.92 Å². The number of hydrogen-bond donors (Lipinski definition) is 1. The molecule has 1 aliphatic rings. The highest BCUT2D eigenvalue weighted by Gasteiger charge is 2.29. The number of rotatable bonds is 6. The van der Waals surface area contributed by atoms with Crippen LogP contribution in [-0.4, -0.2) is 56.3 Å². The summed E-state index contributed by atoms with van der Waals surface area (Å²) in [4.78, 5) is 14.8. The molecule has 162 valence electrons. The van der Waals surface area contributed by atoms with E-state index in [2.05, 4.69) is 19.2 Å². The Balaban J connectivity index is 1.60. The lowest BCUT2D eigenvalue weighted by Crippen LogP contribution is -2.50. The average Bonchev–Trinajstić information content (AvgIpc) is 2.69. The van der Waals surface area contributed by atoms with Gasteiger partial charge in [0.05, 0.1) is 11.4 Å². The van der Waals surface area contributed by atoms with Gasteiger partial charge in [-0.1, -0.05) is 49.7 Å². The second kappa shape index (κ2) is 9.47. The Bertz CT molecular complexity index is 1020. The van der Waals surface area contributed by atoms with Crippen molar-refractivity contribution in [3.05, 3.63) is 58.6 Å². The first-order valence-corrected chi connectivity index (χ1v) is 11.9. The van der Waals surface area contributed by atoms with Crippen LogP contribution in [0.5, 0.6) is 0 Å². The minimum Gasteiger partial charge on any atom is -0.324 e. The summed E-state index contributed by atoms with van der Waals surface area (Å²) in [5.74, 6) is 0.220. The molecule has 1 N–H and O–H groups in total. The van der Waals surface area contributed by atoms with Crippen molar-refractivity contribution in [2.75, 3.05) is 38.0 Å². The number of piperazine rings is 1. The fraction of sp³-hybridized carbons (Fsp3) is 0.409. The topological polar surface area (TPSA) is 69.7 Å². The molecule has 0 saturated carbocycles. The van der Waals surface area contributed by atoms with Gasteiger partial charge in [-0.25, -0.2) is 8.42 Å². The van der Waals surface area contributed by atoms with Crippen LogP contribution in [0.3, 0.4) is 0 Å². The first-order valence-electron chi connectivity index (χ1n) is 10.1. The summed E-state index contributed by atoms with van der Waals surface area (Å²) in [7, 11) is -3.58. The van der Waals surface area contributed by atoms with Crippen LogP contribution in [-0.2, 0) is 14.8 Å². The molecule has 1 amide bonds.